The van der Waals surface area contributed by atoms with Crippen LogP contribution in [-0.4, -0.2) is 14.1 Å². The minimum atomic E-state index is -0.0588. The summed E-state index contributed by atoms with van der Waals surface area (Å²) in [6.07, 6.45) is 1.89. The van der Waals surface area contributed by atoms with E-state index in [1.54, 1.807) is 0 Å². The maximum absolute atomic E-state index is 4.89. The van der Waals surface area contributed by atoms with Crippen molar-refractivity contribution in [1.29, 1.82) is 0 Å². The second-order valence-electron chi connectivity index (χ2n) is 14.8. The number of fused-ring (bicyclic) bond motifs is 9. The second kappa shape index (κ2) is 11.1. The zero-order valence-electron chi connectivity index (χ0n) is 29.6. The van der Waals surface area contributed by atoms with E-state index in [0.29, 0.717) is 0 Å². The molecule has 1 aliphatic carbocycles. The molecule has 7 aromatic carbocycles. The molecule has 250 valence electrons. The van der Waals surface area contributed by atoms with E-state index in [0.717, 1.165) is 22.2 Å². The highest BCUT2D eigenvalue weighted by Gasteiger charge is 2.35. The molecule has 0 N–H and O–H groups in total. The molecule has 11 rings (SSSR count). The predicted octanol–water partition coefficient (Wildman–Crippen LogP) is 12.9. The lowest BCUT2D eigenvalue weighted by Gasteiger charge is -2.22. The molecule has 0 unspecified atom stereocenters. The highest BCUT2D eigenvalue weighted by atomic mass is 15.0. The van der Waals surface area contributed by atoms with Gasteiger partial charge in [-0.25, -0.2) is 4.98 Å². The number of hydrogen-bond donors (Lipinski definition) is 0. The Balaban J connectivity index is 1.04. The zero-order valence-corrected chi connectivity index (χ0v) is 29.6. The average molecular weight is 678 g/mol. The monoisotopic (exact) mass is 677 g/mol. The molecule has 0 spiro atoms. The van der Waals surface area contributed by atoms with Crippen LogP contribution in [0.4, 0.5) is 0 Å². The smallest absolute Gasteiger partial charge is 0.145 e. The lowest BCUT2D eigenvalue weighted by atomic mass is 9.82. The van der Waals surface area contributed by atoms with Crippen LogP contribution in [0.25, 0.3) is 88.5 Å². The highest BCUT2D eigenvalue weighted by molar-refractivity contribution is 6.12. The van der Waals surface area contributed by atoms with Crippen molar-refractivity contribution in [3.63, 3.8) is 0 Å². The van der Waals surface area contributed by atoms with Crippen LogP contribution in [0, 0.1) is 0 Å². The molecule has 10 aromatic rings. The number of nitrogens with zero attached hydrogens (tertiary/aromatic N) is 3. The van der Waals surface area contributed by atoms with Gasteiger partial charge in [-0.3, -0.25) is 4.57 Å². The first-order valence-corrected chi connectivity index (χ1v) is 18.4. The number of benzene rings is 7. The summed E-state index contributed by atoms with van der Waals surface area (Å²) in [6, 6.07) is 62.1. The van der Waals surface area contributed by atoms with Gasteiger partial charge in [-0.1, -0.05) is 117 Å². The third-order valence-electron chi connectivity index (χ3n) is 11.6. The Kier molecular flexibility index (Phi) is 6.30. The first kappa shape index (κ1) is 30.0. The van der Waals surface area contributed by atoms with Crippen LogP contribution in [-0.2, 0) is 5.41 Å². The van der Waals surface area contributed by atoms with Crippen molar-refractivity contribution < 1.29 is 0 Å². The van der Waals surface area contributed by atoms with Crippen LogP contribution < -0.4 is 0 Å². The minimum absolute atomic E-state index is 0.0588. The van der Waals surface area contributed by atoms with Gasteiger partial charge < -0.3 is 4.57 Å². The molecule has 0 saturated heterocycles. The minimum Gasteiger partial charge on any atom is -0.309 e. The van der Waals surface area contributed by atoms with E-state index in [2.05, 4.69) is 187 Å². The van der Waals surface area contributed by atoms with Crippen molar-refractivity contribution in [2.45, 2.75) is 19.3 Å². The summed E-state index contributed by atoms with van der Waals surface area (Å²) in [5.74, 6) is 0. The van der Waals surface area contributed by atoms with Gasteiger partial charge in [0.2, 0.25) is 0 Å². The van der Waals surface area contributed by atoms with Crippen LogP contribution in [0.15, 0.2) is 176 Å². The van der Waals surface area contributed by atoms with Gasteiger partial charge in [0, 0.05) is 44.5 Å². The molecule has 0 aliphatic heterocycles. The molecule has 1 aliphatic rings. The molecule has 0 bridgehead atoms. The molecular formula is C50H35N3. The van der Waals surface area contributed by atoms with Crippen molar-refractivity contribution in [2.24, 2.45) is 0 Å². The summed E-state index contributed by atoms with van der Waals surface area (Å²) in [7, 11) is 0. The third-order valence-corrected chi connectivity index (χ3v) is 11.6. The standard InChI is InChI=1S/C50H35N3/c1-50(2)44-16-8-6-13-38(44)39-25-24-37(31-45(39)50)52-46-17-9-7-14-40(46)42-29-34(20-26-47(42)52)35-21-27-48-43(30-35)41-15-10-28-51-49(41)53(48)36-22-18-33(19-23-36)32-11-4-3-5-12-32/h3-31H,1-2H3. The van der Waals surface area contributed by atoms with Crippen molar-refractivity contribution in [3.8, 4) is 44.8 Å². The topological polar surface area (TPSA) is 22.8 Å². The van der Waals surface area contributed by atoms with Gasteiger partial charge in [0.1, 0.15) is 5.65 Å². The molecule has 3 aromatic heterocycles. The van der Waals surface area contributed by atoms with Crippen LogP contribution >= 0.6 is 0 Å². The van der Waals surface area contributed by atoms with E-state index in [-0.39, 0.29) is 5.41 Å². The van der Waals surface area contributed by atoms with E-state index in [9.17, 15) is 0 Å². The molecule has 0 radical (unpaired) electrons. The Morgan fingerprint density at radius 2 is 0.981 bits per heavy atom. The van der Waals surface area contributed by atoms with E-state index in [1.165, 1.54) is 77.4 Å². The SMILES string of the molecule is CC1(C)c2ccccc2-c2ccc(-n3c4ccccc4c4cc(-c5ccc6c(c5)c5cccnc5n6-c5ccc(-c6ccccc6)cc5)ccc43)cc21. The Morgan fingerprint density at radius 3 is 1.79 bits per heavy atom. The maximum atomic E-state index is 4.89. The average Bonchev–Trinajstić information content (AvgIpc) is 3.81. The van der Waals surface area contributed by atoms with Crippen LogP contribution in [0.1, 0.15) is 25.0 Å². The van der Waals surface area contributed by atoms with Crippen LogP contribution in [0.3, 0.4) is 0 Å². The maximum Gasteiger partial charge on any atom is 0.145 e. The number of para-hydroxylation sites is 1. The van der Waals surface area contributed by atoms with Gasteiger partial charge in [0.25, 0.3) is 0 Å². The zero-order chi connectivity index (χ0) is 35.3. The van der Waals surface area contributed by atoms with Gasteiger partial charge in [0.15, 0.2) is 0 Å². The van der Waals surface area contributed by atoms with E-state index in [4.69, 9.17) is 4.98 Å². The molecule has 3 heterocycles. The highest BCUT2D eigenvalue weighted by Crippen LogP contribution is 2.49. The fourth-order valence-electron chi connectivity index (χ4n) is 8.98. The third kappa shape index (κ3) is 4.37. The number of pyridine rings is 1. The first-order chi connectivity index (χ1) is 26.0. The number of rotatable bonds is 4. The van der Waals surface area contributed by atoms with E-state index < -0.39 is 0 Å². The summed E-state index contributed by atoms with van der Waals surface area (Å²) >= 11 is 0. The van der Waals surface area contributed by atoms with Crippen LogP contribution in [0.5, 0.6) is 0 Å². The second-order valence-corrected chi connectivity index (χ2v) is 14.8. The van der Waals surface area contributed by atoms with Gasteiger partial charge >= 0.3 is 0 Å². The van der Waals surface area contributed by atoms with Gasteiger partial charge in [-0.15, -0.1) is 0 Å². The molecule has 0 atom stereocenters. The molecular weight excluding hydrogens is 643 g/mol. The largest absolute Gasteiger partial charge is 0.309 e. The number of hydrogen-bond acceptors (Lipinski definition) is 1. The summed E-state index contributed by atoms with van der Waals surface area (Å²) in [4.78, 5) is 4.89. The normalized spacial score (nSPS) is 13.2. The molecule has 3 nitrogen and oxygen atoms in total. The van der Waals surface area contributed by atoms with Crippen molar-refractivity contribution in [3.05, 3.63) is 187 Å². The summed E-state index contributed by atoms with van der Waals surface area (Å²) < 4.78 is 4.73. The van der Waals surface area contributed by atoms with Crippen LogP contribution in [0.2, 0.25) is 0 Å². The summed E-state index contributed by atoms with van der Waals surface area (Å²) in [5, 5.41) is 4.86. The molecule has 0 fully saturated rings. The van der Waals surface area contributed by atoms with E-state index >= 15 is 0 Å². The van der Waals surface area contributed by atoms with Gasteiger partial charge in [0.05, 0.1) is 16.6 Å². The number of aromatic nitrogens is 3. The van der Waals surface area contributed by atoms with Crippen molar-refractivity contribution in [1.82, 2.24) is 14.1 Å². The lowest BCUT2D eigenvalue weighted by Crippen LogP contribution is -2.15. The van der Waals surface area contributed by atoms with Crippen molar-refractivity contribution >= 4 is 43.7 Å². The lowest BCUT2D eigenvalue weighted by molar-refractivity contribution is 0.660. The fraction of sp³-hybridized carbons (Fsp3) is 0.0600. The summed E-state index contributed by atoms with van der Waals surface area (Å²) in [5.41, 5.74) is 17.1. The summed E-state index contributed by atoms with van der Waals surface area (Å²) in [6.45, 7) is 4.71. The van der Waals surface area contributed by atoms with Crippen molar-refractivity contribution in [2.75, 3.05) is 0 Å². The van der Waals surface area contributed by atoms with E-state index in [1.807, 2.05) is 12.3 Å². The quantitative estimate of drug-likeness (QED) is 0.182. The molecule has 3 heteroatoms. The Morgan fingerprint density at radius 1 is 0.396 bits per heavy atom. The predicted molar refractivity (Wildman–Crippen MR) is 221 cm³/mol. The molecule has 0 amide bonds. The van der Waals surface area contributed by atoms with Gasteiger partial charge in [-0.05, 0) is 111 Å². The molecule has 0 saturated carbocycles. The Hall–Kier alpha value is -6.71. The van der Waals surface area contributed by atoms with Gasteiger partial charge in [-0.2, -0.15) is 0 Å². The molecule has 53 heavy (non-hydrogen) atoms. The Bertz CT molecular complexity index is 3070. The Labute approximate surface area is 308 Å². The first-order valence-electron chi connectivity index (χ1n) is 18.4. The fourth-order valence-corrected chi connectivity index (χ4v) is 8.98.